The van der Waals surface area contributed by atoms with Gasteiger partial charge in [-0.25, -0.2) is 4.98 Å². The highest BCUT2D eigenvalue weighted by molar-refractivity contribution is 7.17. The highest BCUT2D eigenvalue weighted by Gasteiger charge is 2.07. The third kappa shape index (κ3) is 1.63. The third-order valence-corrected chi connectivity index (χ3v) is 2.66. The van der Waals surface area contributed by atoms with E-state index < -0.39 is 0 Å². The van der Waals surface area contributed by atoms with Crippen LogP contribution in [0.3, 0.4) is 0 Å². The van der Waals surface area contributed by atoms with Crippen LogP contribution in [0.15, 0.2) is 11.4 Å². The molecule has 0 aliphatic heterocycles. The van der Waals surface area contributed by atoms with Crippen LogP contribution in [0.5, 0.6) is 0 Å². The van der Waals surface area contributed by atoms with Crippen LogP contribution in [0.4, 0.5) is 11.8 Å². The van der Waals surface area contributed by atoms with E-state index in [9.17, 15) is 0 Å². The summed E-state index contributed by atoms with van der Waals surface area (Å²) in [6, 6.07) is 2.29. The van der Waals surface area contributed by atoms with Gasteiger partial charge in [-0.15, -0.1) is 11.3 Å². The van der Waals surface area contributed by atoms with Crippen LogP contribution < -0.4 is 11.1 Å². The average Bonchev–Trinajstić information content (AvgIpc) is 2.50. The van der Waals surface area contributed by atoms with Gasteiger partial charge < -0.3 is 11.1 Å². The summed E-state index contributed by atoms with van der Waals surface area (Å²) in [6.45, 7) is 4.13. The van der Waals surface area contributed by atoms with Crippen molar-refractivity contribution >= 4 is 33.3 Å². The van der Waals surface area contributed by atoms with E-state index in [1.54, 1.807) is 11.3 Å². The van der Waals surface area contributed by atoms with Gasteiger partial charge in [-0.2, -0.15) is 4.98 Å². The van der Waals surface area contributed by atoms with Crippen molar-refractivity contribution in [2.75, 3.05) is 11.1 Å². The number of hydrogen-bond donors (Lipinski definition) is 2. The summed E-state index contributed by atoms with van der Waals surface area (Å²) >= 11 is 1.62. The molecular weight excluding hydrogens is 196 g/mol. The Morgan fingerprint density at radius 1 is 1.43 bits per heavy atom. The first kappa shape index (κ1) is 9.21. The molecule has 14 heavy (non-hydrogen) atoms. The summed E-state index contributed by atoms with van der Waals surface area (Å²) < 4.78 is 1.06. The molecule has 0 radical (unpaired) electrons. The molecule has 4 nitrogen and oxygen atoms in total. The molecule has 0 fully saturated rings. The molecule has 0 spiro atoms. The van der Waals surface area contributed by atoms with Crippen molar-refractivity contribution in [3.05, 3.63) is 11.4 Å². The summed E-state index contributed by atoms with van der Waals surface area (Å²) in [6.07, 6.45) is 0. The summed E-state index contributed by atoms with van der Waals surface area (Å²) in [4.78, 5) is 8.32. The Kier molecular flexibility index (Phi) is 2.25. The summed E-state index contributed by atoms with van der Waals surface area (Å²) in [5, 5.41) is 5.24. The van der Waals surface area contributed by atoms with Crippen molar-refractivity contribution < 1.29 is 0 Å². The standard InChI is InChI=1S/C9H12N4S/c1-5(2)11-8-7-6(3-4-14-7)12-9(10)13-8/h3-5H,1-2H3,(H3,10,11,12,13). The first-order valence-corrected chi connectivity index (χ1v) is 5.32. The predicted molar refractivity (Wildman–Crippen MR) is 60.6 cm³/mol. The number of anilines is 2. The van der Waals surface area contributed by atoms with Gasteiger partial charge in [0, 0.05) is 6.04 Å². The Balaban J connectivity index is 2.55. The number of nitrogens with one attached hydrogen (secondary N) is 1. The molecule has 2 heterocycles. The molecule has 0 saturated carbocycles. The van der Waals surface area contributed by atoms with E-state index >= 15 is 0 Å². The second kappa shape index (κ2) is 3.42. The number of hydrogen-bond acceptors (Lipinski definition) is 5. The molecule has 0 amide bonds. The molecule has 0 aliphatic rings. The number of rotatable bonds is 2. The highest BCUT2D eigenvalue weighted by Crippen LogP contribution is 2.26. The van der Waals surface area contributed by atoms with Crippen LogP contribution in [0.2, 0.25) is 0 Å². The van der Waals surface area contributed by atoms with E-state index in [4.69, 9.17) is 5.73 Å². The molecule has 74 valence electrons. The van der Waals surface area contributed by atoms with Crippen LogP contribution in [-0.2, 0) is 0 Å². The molecule has 5 heteroatoms. The molecule has 2 aromatic heterocycles. The number of fused-ring (bicyclic) bond motifs is 1. The normalized spacial score (nSPS) is 11.1. The number of nitrogens with zero attached hydrogens (tertiary/aromatic N) is 2. The minimum absolute atomic E-state index is 0.319. The third-order valence-electron chi connectivity index (χ3n) is 1.75. The Morgan fingerprint density at radius 2 is 2.21 bits per heavy atom. The lowest BCUT2D eigenvalue weighted by molar-refractivity contribution is 0.892. The van der Waals surface area contributed by atoms with Crippen molar-refractivity contribution in [1.29, 1.82) is 0 Å². The van der Waals surface area contributed by atoms with Gasteiger partial charge in [-0.05, 0) is 25.3 Å². The number of thiophene rings is 1. The van der Waals surface area contributed by atoms with Gasteiger partial charge in [-0.1, -0.05) is 0 Å². The molecule has 3 N–H and O–H groups in total. The SMILES string of the molecule is CC(C)Nc1nc(N)nc2ccsc12. The summed E-state index contributed by atoms with van der Waals surface area (Å²) in [5.41, 5.74) is 6.51. The van der Waals surface area contributed by atoms with E-state index in [0.29, 0.717) is 12.0 Å². The number of nitrogens with two attached hydrogens (primary N) is 1. The zero-order valence-corrected chi connectivity index (χ0v) is 8.93. The van der Waals surface area contributed by atoms with Gasteiger partial charge in [0.05, 0.1) is 10.2 Å². The predicted octanol–water partition coefficient (Wildman–Crippen LogP) is 2.09. The molecule has 2 aromatic rings. The van der Waals surface area contributed by atoms with E-state index in [2.05, 4.69) is 29.1 Å². The van der Waals surface area contributed by atoms with Crippen LogP contribution in [0.1, 0.15) is 13.8 Å². The summed E-state index contributed by atoms with van der Waals surface area (Å²) in [7, 11) is 0. The van der Waals surface area contributed by atoms with Crippen molar-refractivity contribution in [2.45, 2.75) is 19.9 Å². The Labute approximate surface area is 86.2 Å². The highest BCUT2D eigenvalue weighted by atomic mass is 32.1. The largest absolute Gasteiger partial charge is 0.368 e. The van der Waals surface area contributed by atoms with Crippen LogP contribution >= 0.6 is 11.3 Å². The Hall–Kier alpha value is -1.36. The lowest BCUT2D eigenvalue weighted by atomic mass is 10.3. The zero-order chi connectivity index (χ0) is 10.1. The van der Waals surface area contributed by atoms with E-state index in [-0.39, 0.29) is 0 Å². The fraction of sp³-hybridized carbons (Fsp3) is 0.333. The molecule has 0 bridgehead atoms. The van der Waals surface area contributed by atoms with Gasteiger partial charge in [0.1, 0.15) is 5.82 Å². The van der Waals surface area contributed by atoms with Gasteiger partial charge in [0.2, 0.25) is 5.95 Å². The maximum Gasteiger partial charge on any atom is 0.222 e. The fourth-order valence-corrected chi connectivity index (χ4v) is 2.04. The quantitative estimate of drug-likeness (QED) is 0.793. The van der Waals surface area contributed by atoms with E-state index in [0.717, 1.165) is 16.0 Å². The fourth-order valence-electron chi connectivity index (χ4n) is 1.25. The van der Waals surface area contributed by atoms with Gasteiger partial charge in [0.15, 0.2) is 0 Å². The lowest BCUT2D eigenvalue weighted by Crippen LogP contribution is -2.12. The first-order chi connectivity index (χ1) is 6.66. The molecule has 0 aromatic carbocycles. The van der Waals surface area contributed by atoms with Gasteiger partial charge in [0.25, 0.3) is 0 Å². The molecule has 0 saturated heterocycles. The first-order valence-electron chi connectivity index (χ1n) is 4.44. The Morgan fingerprint density at radius 3 is 2.93 bits per heavy atom. The van der Waals surface area contributed by atoms with E-state index in [1.165, 1.54) is 0 Å². The lowest BCUT2D eigenvalue weighted by Gasteiger charge is -2.09. The van der Waals surface area contributed by atoms with Crippen molar-refractivity contribution in [3.8, 4) is 0 Å². The molecule has 0 atom stereocenters. The Bertz CT molecular complexity index is 449. The van der Waals surface area contributed by atoms with E-state index in [1.807, 2.05) is 11.4 Å². The molecule has 0 aliphatic carbocycles. The smallest absolute Gasteiger partial charge is 0.222 e. The zero-order valence-electron chi connectivity index (χ0n) is 8.11. The maximum absolute atomic E-state index is 5.60. The minimum Gasteiger partial charge on any atom is -0.368 e. The minimum atomic E-state index is 0.319. The second-order valence-electron chi connectivity index (χ2n) is 3.36. The average molecular weight is 208 g/mol. The second-order valence-corrected chi connectivity index (χ2v) is 4.28. The van der Waals surface area contributed by atoms with Crippen molar-refractivity contribution in [1.82, 2.24) is 9.97 Å². The molecule has 0 unspecified atom stereocenters. The van der Waals surface area contributed by atoms with Crippen molar-refractivity contribution in [3.63, 3.8) is 0 Å². The summed E-state index contributed by atoms with van der Waals surface area (Å²) in [5.74, 6) is 1.15. The monoisotopic (exact) mass is 208 g/mol. The number of aromatic nitrogens is 2. The molecule has 2 rings (SSSR count). The maximum atomic E-state index is 5.60. The van der Waals surface area contributed by atoms with Crippen LogP contribution in [-0.4, -0.2) is 16.0 Å². The molecular formula is C9H12N4S. The topological polar surface area (TPSA) is 63.8 Å². The number of nitrogen functional groups attached to an aromatic ring is 1. The van der Waals surface area contributed by atoms with Gasteiger partial charge >= 0.3 is 0 Å². The van der Waals surface area contributed by atoms with Crippen molar-refractivity contribution in [2.24, 2.45) is 0 Å². The van der Waals surface area contributed by atoms with Crippen LogP contribution in [0, 0.1) is 0 Å². The van der Waals surface area contributed by atoms with Gasteiger partial charge in [-0.3, -0.25) is 0 Å². The van der Waals surface area contributed by atoms with Crippen LogP contribution in [0.25, 0.3) is 10.2 Å².